The van der Waals surface area contributed by atoms with Gasteiger partial charge in [0.05, 0.1) is 43.7 Å². The van der Waals surface area contributed by atoms with Gasteiger partial charge in [-0.2, -0.15) is 0 Å². The molecule has 2 aliphatic rings. The van der Waals surface area contributed by atoms with Crippen molar-refractivity contribution in [3.8, 4) is 0 Å². The second kappa shape index (κ2) is 9.28. The van der Waals surface area contributed by atoms with E-state index in [-0.39, 0.29) is 37.3 Å². The van der Waals surface area contributed by atoms with E-state index < -0.39 is 36.8 Å². The highest BCUT2D eigenvalue weighted by molar-refractivity contribution is 6.55. The van der Waals surface area contributed by atoms with E-state index in [1.165, 1.54) is 7.11 Å². The topological polar surface area (TPSA) is 57.2 Å². The Bertz CT molecular complexity index is 899. The minimum atomic E-state index is -1.10. The normalized spacial score (nSPS) is 31.4. The summed E-state index contributed by atoms with van der Waals surface area (Å²) in [7, 11) is 1.45. The summed E-state index contributed by atoms with van der Waals surface area (Å²) >= 11 is 31.5. The molecule has 5 nitrogen and oxygen atoms in total. The fourth-order valence-electron chi connectivity index (χ4n) is 3.79. The number of ether oxygens (including phenoxy) is 4. The van der Waals surface area contributed by atoms with Gasteiger partial charge in [0.25, 0.3) is 0 Å². The average Bonchev–Trinajstić information content (AvgIpc) is 2.78. The van der Waals surface area contributed by atoms with Gasteiger partial charge in [-0.05, 0) is 0 Å². The highest BCUT2D eigenvalue weighted by Gasteiger charge is 2.51. The van der Waals surface area contributed by atoms with Crippen LogP contribution in [0.1, 0.15) is 23.3 Å². The number of benzene rings is 2. The molecule has 2 fully saturated rings. The predicted molar refractivity (Wildman–Crippen MR) is 116 cm³/mol. The van der Waals surface area contributed by atoms with Crippen molar-refractivity contribution in [3.05, 3.63) is 66.6 Å². The van der Waals surface area contributed by atoms with E-state index in [9.17, 15) is 5.11 Å². The van der Waals surface area contributed by atoms with E-state index in [2.05, 4.69) is 0 Å². The minimum absolute atomic E-state index is 0.0293. The standard InChI is InChI=1S/C20H17Cl5O5/c1-27-20-11(10-12(21)14(23)16(25)15(24)13(10)22)17(26)18-9(29-20)7-28-19(30-18)8-5-3-2-4-6-8/h2-6,9,11,17-20,26H,7H2,1H3/t9-,11+,17+,18-,19-,20+/m1/s1. The molecular formula is C20H17Cl5O5. The molecule has 0 unspecified atom stereocenters. The molecule has 4 rings (SSSR count). The summed E-state index contributed by atoms with van der Waals surface area (Å²) in [4.78, 5) is 0. The fourth-order valence-corrected chi connectivity index (χ4v) is 5.20. The van der Waals surface area contributed by atoms with E-state index in [1.807, 2.05) is 30.3 Å². The van der Waals surface area contributed by atoms with Gasteiger partial charge in [-0.15, -0.1) is 0 Å². The summed E-state index contributed by atoms with van der Waals surface area (Å²) in [6.07, 6.45) is -3.95. The van der Waals surface area contributed by atoms with Gasteiger partial charge in [-0.1, -0.05) is 88.3 Å². The van der Waals surface area contributed by atoms with Gasteiger partial charge in [-0.3, -0.25) is 0 Å². The van der Waals surface area contributed by atoms with Crippen LogP contribution in [-0.2, 0) is 18.9 Å². The second-order valence-corrected chi connectivity index (χ2v) is 8.85. The number of halogens is 5. The molecule has 2 heterocycles. The van der Waals surface area contributed by atoms with Crippen LogP contribution >= 0.6 is 58.0 Å². The number of fused-ring (bicyclic) bond motifs is 1. The molecular weight excluding hydrogens is 497 g/mol. The number of aliphatic hydroxyl groups is 1. The van der Waals surface area contributed by atoms with Crippen molar-refractivity contribution in [2.45, 2.75) is 36.8 Å². The van der Waals surface area contributed by atoms with Gasteiger partial charge in [-0.25, -0.2) is 0 Å². The first-order valence-electron chi connectivity index (χ1n) is 9.04. The lowest BCUT2D eigenvalue weighted by Crippen LogP contribution is -2.58. The van der Waals surface area contributed by atoms with Gasteiger partial charge in [0.2, 0.25) is 0 Å². The first kappa shape index (κ1) is 22.9. The molecule has 2 aliphatic heterocycles. The van der Waals surface area contributed by atoms with E-state index in [1.54, 1.807) is 0 Å². The molecule has 0 amide bonds. The summed E-state index contributed by atoms with van der Waals surface area (Å²) in [6, 6.07) is 9.41. The maximum Gasteiger partial charge on any atom is 0.184 e. The Kier molecular flexibility index (Phi) is 7.07. The summed E-state index contributed by atoms with van der Waals surface area (Å²) in [5, 5.41) is 11.5. The minimum Gasteiger partial charge on any atom is -0.389 e. The SMILES string of the molecule is CO[C@H]1O[C@@H]2CO[C@@H](c3ccccc3)O[C@H]2[C@@H](O)[C@@H]1c1c(Cl)c(Cl)c(Cl)c(Cl)c1Cl. The van der Waals surface area contributed by atoms with Crippen LogP contribution in [0.4, 0.5) is 0 Å². The Labute approximate surface area is 198 Å². The van der Waals surface area contributed by atoms with Crippen molar-refractivity contribution in [2.24, 2.45) is 0 Å². The van der Waals surface area contributed by atoms with E-state index in [0.29, 0.717) is 0 Å². The first-order chi connectivity index (χ1) is 14.3. The van der Waals surface area contributed by atoms with Crippen LogP contribution in [0.3, 0.4) is 0 Å². The molecule has 0 aliphatic carbocycles. The molecule has 0 bridgehead atoms. The largest absolute Gasteiger partial charge is 0.389 e. The third-order valence-electron chi connectivity index (χ3n) is 5.25. The molecule has 2 aromatic rings. The van der Waals surface area contributed by atoms with Crippen LogP contribution in [0, 0.1) is 0 Å². The number of hydrogen-bond donors (Lipinski definition) is 1. The van der Waals surface area contributed by atoms with Crippen molar-refractivity contribution in [2.75, 3.05) is 13.7 Å². The highest BCUT2D eigenvalue weighted by Crippen LogP contribution is 2.50. The lowest BCUT2D eigenvalue weighted by atomic mass is 9.84. The van der Waals surface area contributed by atoms with Crippen molar-refractivity contribution < 1.29 is 24.1 Å². The molecule has 10 heteroatoms. The number of hydrogen-bond acceptors (Lipinski definition) is 5. The lowest BCUT2D eigenvalue weighted by molar-refractivity contribution is -0.340. The van der Waals surface area contributed by atoms with Gasteiger partial charge in [0, 0.05) is 18.2 Å². The molecule has 0 spiro atoms. The average molecular weight is 515 g/mol. The third-order valence-corrected chi connectivity index (χ3v) is 7.55. The molecule has 2 saturated heterocycles. The van der Waals surface area contributed by atoms with Crippen molar-refractivity contribution >= 4 is 58.0 Å². The molecule has 0 aromatic heterocycles. The third kappa shape index (κ3) is 3.95. The van der Waals surface area contributed by atoms with Crippen molar-refractivity contribution in [1.82, 2.24) is 0 Å². The summed E-state index contributed by atoms with van der Waals surface area (Å²) in [6.45, 7) is 0.206. The van der Waals surface area contributed by atoms with Crippen LogP contribution in [0.2, 0.25) is 25.1 Å². The Morgan fingerprint density at radius 1 is 0.900 bits per heavy atom. The van der Waals surface area contributed by atoms with Crippen molar-refractivity contribution in [1.29, 1.82) is 0 Å². The van der Waals surface area contributed by atoms with Crippen molar-refractivity contribution in [3.63, 3.8) is 0 Å². The first-order valence-corrected chi connectivity index (χ1v) is 10.9. The Morgan fingerprint density at radius 2 is 1.50 bits per heavy atom. The Balaban J connectivity index is 1.71. The van der Waals surface area contributed by atoms with Crippen LogP contribution in [-0.4, -0.2) is 43.4 Å². The lowest BCUT2D eigenvalue weighted by Gasteiger charge is -2.48. The van der Waals surface area contributed by atoms with E-state index in [0.717, 1.165) is 5.56 Å². The van der Waals surface area contributed by atoms with E-state index >= 15 is 0 Å². The molecule has 6 atom stereocenters. The van der Waals surface area contributed by atoms with Crippen LogP contribution < -0.4 is 0 Å². The molecule has 2 aromatic carbocycles. The summed E-state index contributed by atoms with van der Waals surface area (Å²) in [5.41, 5.74) is 1.10. The number of rotatable bonds is 3. The zero-order valence-electron chi connectivity index (χ0n) is 15.5. The zero-order valence-corrected chi connectivity index (χ0v) is 19.3. The fraction of sp³-hybridized carbons (Fsp3) is 0.400. The van der Waals surface area contributed by atoms with Gasteiger partial charge in [0.15, 0.2) is 12.6 Å². The predicted octanol–water partition coefficient (Wildman–Crippen LogP) is 5.88. The Morgan fingerprint density at radius 3 is 2.10 bits per heavy atom. The summed E-state index contributed by atoms with van der Waals surface area (Å²) < 4.78 is 23.3. The smallest absolute Gasteiger partial charge is 0.184 e. The van der Waals surface area contributed by atoms with Gasteiger partial charge < -0.3 is 24.1 Å². The van der Waals surface area contributed by atoms with Crippen LogP contribution in [0.5, 0.6) is 0 Å². The van der Waals surface area contributed by atoms with Crippen LogP contribution in [0.25, 0.3) is 0 Å². The maximum absolute atomic E-state index is 11.3. The summed E-state index contributed by atoms with van der Waals surface area (Å²) in [5.74, 6) is -0.835. The molecule has 162 valence electrons. The van der Waals surface area contributed by atoms with Gasteiger partial charge in [0.1, 0.15) is 12.2 Å². The molecule has 0 saturated carbocycles. The zero-order chi connectivity index (χ0) is 21.6. The molecule has 0 radical (unpaired) electrons. The van der Waals surface area contributed by atoms with E-state index in [4.69, 9.17) is 77.0 Å². The molecule has 30 heavy (non-hydrogen) atoms. The maximum atomic E-state index is 11.3. The number of methoxy groups -OCH3 is 1. The second-order valence-electron chi connectivity index (χ2n) is 6.96. The van der Waals surface area contributed by atoms with Gasteiger partial charge >= 0.3 is 0 Å². The molecule has 1 N–H and O–H groups in total. The monoisotopic (exact) mass is 512 g/mol. The van der Waals surface area contributed by atoms with Crippen LogP contribution in [0.15, 0.2) is 30.3 Å². The quantitative estimate of drug-likeness (QED) is 0.409. The highest BCUT2D eigenvalue weighted by atomic mass is 35.5. The Hall–Kier alpha value is -0.310. The number of aliphatic hydroxyl groups excluding tert-OH is 1.